The first-order valence-electron chi connectivity index (χ1n) is 9.44. The third-order valence-corrected chi connectivity index (χ3v) is 6.54. The first-order chi connectivity index (χ1) is 13.2. The van der Waals surface area contributed by atoms with Gasteiger partial charge in [0.15, 0.2) is 11.6 Å². The molecule has 0 fully saturated rings. The number of hydrogen-bond acceptors (Lipinski definition) is 4. The predicted octanol–water partition coefficient (Wildman–Crippen LogP) is 5.65. The zero-order valence-electron chi connectivity index (χ0n) is 17.2. The minimum Gasteiger partial charge on any atom is -0.606 e. The molecule has 1 atom stereocenters. The monoisotopic (exact) mass is 391 g/mol. The van der Waals surface area contributed by atoms with Crippen LogP contribution in [-0.4, -0.2) is 14.5 Å². The molecule has 4 rings (SSSR count). The summed E-state index contributed by atoms with van der Waals surface area (Å²) in [6, 6.07) is 10.2. The van der Waals surface area contributed by atoms with Crippen molar-refractivity contribution in [1.29, 1.82) is 0 Å². The highest BCUT2D eigenvalue weighted by Crippen LogP contribution is 2.48. The van der Waals surface area contributed by atoms with Crippen LogP contribution in [0.25, 0.3) is 0 Å². The van der Waals surface area contributed by atoms with Crippen molar-refractivity contribution in [2.24, 2.45) is 0 Å². The van der Waals surface area contributed by atoms with E-state index in [1.165, 1.54) is 5.56 Å². The third kappa shape index (κ3) is 2.99. The molecule has 0 bridgehead atoms. The fraction of sp³-hybridized carbons (Fsp3) is 0.304. The van der Waals surface area contributed by atoms with Crippen LogP contribution in [0.4, 0.5) is 17.3 Å². The van der Waals surface area contributed by atoms with Crippen LogP contribution in [0, 0.1) is 20.8 Å². The molecule has 0 aliphatic carbocycles. The Morgan fingerprint density at radius 2 is 1.57 bits per heavy atom. The van der Waals surface area contributed by atoms with Gasteiger partial charge in [-0.05, 0) is 60.6 Å². The lowest BCUT2D eigenvalue weighted by atomic mass is 9.84. The molecule has 3 heterocycles. The molecule has 4 nitrogen and oxygen atoms in total. The molecule has 2 aromatic heterocycles. The molecule has 28 heavy (non-hydrogen) atoms. The van der Waals surface area contributed by atoms with E-state index in [2.05, 4.69) is 61.6 Å². The topological polar surface area (TPSA) is 52.1 Å². The van der Waals surface area contributed by atoms with Gasteiger partial charge in [-0.15, -0.1) is 0 Å². The average Bonchev–Trinajstić information content (AvgIpc) is 2.63. The highest BCUT2D eigenvalue weighted by Gasteiger charge is 2.38. The van der Waals surface area contributed by atoms with Crippen molar-refractivity contribution >= 4 is 28.5 Å². The zero-order valence-corrected chi connectivity index (χ0v) is 18.0. The normalized spacial score (nSPS) is 16.0. The molecule has 1 aromatic carbocycles. The van der Waals surface area contributed by atoms with Crippen LogP contribution in [-0.2, 0) is 16.6 Å². The molecule has 1 aliphatic heterocycles. The van der Waals surface area contributed by atoms with Crippen molar-refractivity contribution in [2.75, 3.05) is 4.90 Å². The van der Waals surface area contributed by atoms with Crippen LogP contribution in [0.2, 0.25) is 0 Å². The number of aromatic nitrogens is 2. The maximum atomic E-state index is 13.2. The predicted molar refractivity (Wildman–Crippen MR) is 114 cm³/mol. The van der Waals surface area contributed by atoms with E-state index in [1.807, 2.05) is 31.3 Å². The lowest BCUT2D eigenvalue weighted by Crippen LogP contribution is -2.26. The quantitative estimate of drug-likeness (QED) is 0.503. The first kappa shape index (κ1) is 19.0. The smallest absolute Gasteiger partial charge is 0.202 e. The van der Waals surface area contributed by atoms with Crippen molar-refractivity contribution < 1.29 is 4.55 Å². The van der Waals surface area contributed by atoms with Crippen molar-refractivity contribution in [2.45, 2.75) is 56.7 Å². The van der Waals surface area contributed by atoms with E-state index in [1.54, 1.807) is 6.20 Å². The number of aryl methyl sites for hydroxylation is 3. The summed E-state index contributed by atoms with van der Waals surface area (Å²) in [5.74, 6) is 1.39. The van der Waals surface area contributed by atoms with Crippen molar-refractivity contribution in [3.8, 4) is 0 Å². The van der Waals surface area contributed by atoms with Crippen LogP contribution in [0.15, 0.2) is 52.5 Å². The second-order valence-corrected chi connectivity index (χ2v) is 9.89. The van der Waals surface area contributed by atoms with Gasteiger partial charge < -0.3 is 4.55 Å². The molecule has 1 unspecified atom stereocenters. The highest BCUT2D eigenvalue weighted by molar-refractivity contribution is 7.92. The van der Waals surface area contributed by atoms with E-state index >= 15 is 0 Å². The van der Waals surface area contributed by atoms with Gasteiger partial charge in [0.1, 0.15) is 0 Å². The van der Waals surface area contributed by atoms with E-state index in [9.17, 15) is 4.55 Å². The molecule has 0 spiro atoms. The molecule has 0 radical (unpaired) electrons. The highest BCUT2D eigenvalue weighted by atomic mass is 32.2. The lowest BCUT2D eigenvalue weighted by Gasteiger charge is -2.33. The van der Waals surface area contributed by atoms with Crippen LogP contribution >= 0.6 is 0 Å². The van der Waals surface area contributed by atoms with Gasteiger partial charge in [0.25, 0.3) is 0 Å². The Balaban J connectivity index is 2.00. The fourth-order valence-electron chi connectivity index (χ4n) is 3.71. The molecule has 0 amide bonds. The Labute approximate surface area is 169 Å². The molecule has 0 saturated heterocycles. The molecule has 144 valence electrons. The molecular formula is C23H25N3OS. The lowest BCUT2D eigenvalue weighted by molar-refractivity contribution is 0.589. The molecule has 0 N–H and O–H groups in total. The van der Waals surface area contributed by atoms with Gasteiger partial charge >= 0.3 is 0 Å². The minimum atomic E-state index is -1.29. The Morgan fingerprint density at radius 3 is 2.21 bits per heavy atom. The number of hydrogen-bond donors (Lipinski definition) is 0. The van der Waals surface area contributed by atoms with E-state index < -0.39 is 11.2 Å². The van der Waals surface area contributed by atoms with Gasteiger partial charge in [0.2, 0.25) is 9.79 Å². The fourth-order valence-corrected chi connectivity index (χ4v) is 5.06. The van der Waals surface area contributed by atoms with E-state index in [0.717, 1.165) is 32.2 Å². The number of nitrogens with zero attached hydrogens (tertiary/aromatic N) is 3. The van der Waals surface area contributed by atoms with Crippen LogP contribution < -0.4 is 4.90 Å². The summed E-state index contributed by atoms with van der Waals surface area (Å²) in [5, 5.41) is 0. The van der Waals surface area contributed by atoms with Crippen LogP contribution in [0.1, 0.15) is 43.0 Å². The molecule has 5 heteroatoms. The van der Waals surface area contributed by atoms with Crippen molar-refractivity contribution in [1.82, 2.24) is 9.97 Å². The van der Waals surface area contributed by atoms with Gasteiger partial charge in [-0.25, -0.2) is 9.97 Å². The van der Waals surface area contributed by atoms with Gasteiger partial charge in [-0.3, -0.25) is 4.90 Å². The van der Waals surface area contributed by atoms with E-state index in [-0.39, 0.29) is 5.41 Å². The Bertz CT molecular complexity index is 1050. The summed E-state index contributed by atoms with van der Waals surface area (Å²) in [7, 11) is 0. The summed E-state index contributed by atoms with van der Waals surface area (Å²) in [5.41, 5.74) is 5.73. The Hall–Kier alpha value is -2.37. The summed E-state index contributed by atoms with van der Waals surface area (Å²) in [4.78, 5) is 12.8. The molecule has 3 aromatic rings. The SMILES string of the molecule is Cc1cnc2c(c1)[S+]([O-])c1cccnc1N2c1c(C)cc(C(C)(C)C)cc1C. The van der Waals surface area contributed by atoms with Crippen LogP contribution in [0.3, 0.4) is 0 Å². The maximum Gasteiger partial charge on any atom is 0.202 e. The van der Waals surface area contributed by atoms with E-state index in [4.69, 9.17) is 0 Å². The van der Waals surface area contributed by atoms with E-state index in [0.29, 0.717) is 11.6 Å². The summed E-state index contributed by atoms with van der Waals surface area (Å²) >= 11 is -1.29. The largest absolute Gasteiger partial charge is 0.606 e. The molecule has 1 aliphatic rings. The second kappa shape index (κ2) is 6.61. The molecular weight excluding hydrogens is 366 g/mol. The minimum absolute atomic E-state index is 0.0703. The Kier molecular flexibility index (Phi) is 4.47. The van der Waals surface area contributed by atoms with Gasteiger partial charge in [0, 0.05) is 29.6 Å². The van der Waals surface area contributed by atoms with Crippen molar-refractivity contribution in [3.05, 3.63) is 65.0 Å². The maximum absolute atomic E-state index is 13.2. The van der Waals surface area contributed by atoms with Gasteiger partial charge in [-0.1, -0.05) is 32.9 Å². The molecule has 0 saturated carbocycles. The van der Waals surface area contributed by atoms with Gasteiger partial charge in [0.05, 0.1) is 5.69 Å². The number of fused-ring (bicyclic) bond motifs is 2. The average molecular weight is 392 g/mol. The second-order valence-electron chi connectivity index (χ2n) is 8.47. The third-order valence-electron chi connectivity index (χ3n) is 5.12. The summed E-state index contributed by atoms with van der Waals surface area (Å²) < 4.78 is 13.2. The number of pyridine rings is 2. The number of anilines is 3. The van der Waals surface area contributed by atoms with Gasteiger partial charge in [-0.2, -0.15) is 0 Å². The standard InChI is InChI=1S/C23H25N3OS/c1-14-10-19-22(25-13-14)26(21-18(28(19)27)8-7-9-24-21)20-15(2)11-17(12-16(20)3)23(4,5)6/h7-13H,1-6H3. The summed E-state index contributed by atoms with van der Waals surface area (Å²) in [6.07, 6.45) is 3.57. The first-order valence-corrected chi connectivity index (χ1v) is 10.6. The van der Waals surface area contributed by atoms with Crippen LogP contribution in [0.5, 0.6) is 0 Å². The number of rotatable bonds is 1. The summed E-state index contributed by atoms with van der Waals surface area (Å²) in [6.45, 7) is 12.9. The number of benzene rings is 1. The van der Waals surface area contributed by atoms with Crippen molar-refractivity contribution in [3.63, 3.8) is 0 Å². The zero-order chi connectivity index (χ0) is 20.2. The Morgan fingerprint density at radius 1 is 0.929 bits per heavy atom.